The van der Waals surface area contributed by atoms with Gasteiger partial charge in [0.15, 0.2) is 0 Å². The van der Waals surface area contributed by atoms with Gasteiger partial charge in [-0.15, -0.1) is 0 Å². The van der Waals surface area contributed by atoms with Crippen molar-refractivity contribution in [2.75, 3.05) is 0 Å². The highest BCUT2D eigenvalue weighted by molar-refractivity contribution is 5.66. The molecule has 0 rings (SSSR count). The van der Waals surface area contributed by atoms with Gasteiger partial charge in [-0.3, -0.25) is 4.79 Å². The topological polar surface area (TPSA) is 37.3 Å². The van der Waals surface area contributed by atoms with Crippen molar-refractivity contribution in [1.29, 1.82) is 0 Å². The smallest absolute Gasteiger partial charge is 0.303 e. The molecule has 0 aromatic rings. The fourth-order valence-electron chi connectivity index (χ4n) is 1.74. The van der Waals surface area contributed by atoms with Crippen LogP contribution in [-0.2, 0) is 4.79 Å². The van der Waals surface area contributed by atoms with E-state index in [2.05, 4.69) is 25.2 Å². The minimum atomic E-state index is -0.717. The van der Waals surface area contributed by atoms with Crippen LogP contribution in [0.15, 0.2) is 36.5 Å². The molecule has 0 saturated heterocycles. The fourth-order valence-corrected chi connectivity index (χ4v) is 1.74. The van der Waals surface area contributed by atoms with Gasteiger partial charge in [0.2, 0.25) is 0 Å². The first-order valence-electron chi connectivity index (χ1n) is 8.37. The summed E-state index contributed by atoms with van der Waals surface area (Å²) in [5.74, 6) is -0.717. The Hall–Kier alpha value is -1.31. The van der Waals surface area contributed by atoms with Crippen LogP contribution in [0.4, 0.5) is 0 Å². The number of carboxylic acids is 1. The Morgan fingerprint density at radius 1 is 0.950 bits per heavy atom. The van der Waals surface area contributed by atoms with Crippen LogP contribution in [0.5, 0.6) is 0 Å². The summed E-state index contributed by atoms with van der Waals surface area (Å²) in [5.41, 5.74) is 0. The molecule has 2 heteroatoms. The number of hydrogen-bond donors (Lipinski definition) is 1. The lowest BCUT2D eigenvalue weighted by atomic mass is 10.2. The Morgan fingerprint density at radius 3 is 2.25 bits per heavy atom. The molecular formula is C18H30O2. The number of carbonyl (C=O) groups is 1. The summed E-state index contributed by atoms with van der Waals surface area (Å²) in [6.07, 6.45) is 20.4. The van der Waals surface area contributed by atoms with Crippen molar-refractivity contribution < 1.29 is 11.3 Å². The molecule has 0 unspecified atom stereocenters. The first-order valence-corrected chi connectivity index (χ1v) is 7.79. The average Bonchev–Trinajstić information content (AvgIpc) is 2.45. The standard InChI is InChI=1S/C18H30O2/c1-2-3-4-5-6-7-8-9-10-11-12-13-14-15-16-17-18(19)20/h6-7,9-10,12-13H,2-5,8,11,14-17H2,1H3,(H,19,20)/b7-6-,10-9-,13-12-/i8D/t8-/m0/s1. The maximum absolute atomic E-state index is 10.3. The number of allylic oxidation sites excluding steroid dienone is 6. The Morgan fingerprint density at radius 2 is 1.55 bits per heavy atom. The van der Waals surface area contributed by atoms with Gasteiger partial charge in [0.1, 0.15) is 0 Å². The molecule has 0 aromatic carbocycles. The lowest BCUT2D eigenvalue weighted by Crippen LogP contribution is -1.92. The molecule has 0 radical (unpaired) electrons. The molecule has 1 N–H and O–H groups in total. The van der Waals surface area contributed by atoms with Crippen molar-refractivity contribution in [1.82, 2.24) is 0 Å². The van der Waals surface area contributed by atoms with Crippen molar-refractivity contribution in [3.8, 4) is 0 Å². The van der Waals surface area contributed by atoms with E-state index >= 15 is 0 Å². The molecule has 114 valence electrons. The van der Waals surface area contributed by atoms with Crippen LogP contribution >= 0.6 is 0 Å². The van der Waals surface area contributed by atoms with E-state index < -0.39 is 5.97 Å². The second-order valence-corrected chi connectivity index (χ2v) is 4.89. The Labute approximate surface area is 125 Å². The zero-order valence-corrected chi connectivity index (χ0v) is 12.8. The molecule has 0 saturated carbocycles. The second kappa shape index (κ2) is 15.7. The van der Waals surface area contributed by atoms with Crippen LogP contribution < -0.4 is 0 Å². The van der Waals surface area contributed by atoms with Crippen molar-refractivity contribution in [3.63, 3.8) is 0 Å². The van der Waals surface area contributed by atoms with E-state index in [1.54, 1.807) is 0 Å². The van der Waals surface area contributed by atoms with Gasteiger partial charge in [-0.25, -0.2) is 0 Å². The van der Waals surface area contributed by atoms with E-state index in [0.717, 1.165) is 32.1 Å². The van der Waals surface area contributed by atoms with Crippen LogP contribution in [0.1, 0.15) is 72.5 Å². The van der Waals surface area contributed by atoms with E-state index in [4.69, 9.17) is 6.48 Å². The Bertz CT molecular complexity index is 332. The Kier molecular flexibility index (Phi) is 13.2. The first-order chi connectivity index (χ1) is 10.2. The van der Waals surface area contributed by atoms with Crippen LogP contribution in [0, 0.1) is 0 Å². The third kappa shape index (κ3) is 16.7. The van der Waals surface area contributed by atoms with E-state index in [-0.39, 0.29) is 12.8 Å². The van der Waals surface area contributed by atoms with Gasteiger partial charge in [-0.2, -0.15) is 0 Å². The number of hydrogen-bond acceptors (Lipinski definition) is 1. The van der Waals surface area contributed by atoms with Gasteiger partial charge in [-0.05, 0) is 44.9 Å². The van der Waals surface area contributed by atoms with Crippen LogP contribution in [-0.4, -0.2) is 11.1 Å². The molecule has 0 fully saturated rings. The Balaban J connectivity index is 3.54. The first kappa shape index (κ1) is 16.7. The van der Waals surface area contributed by atoms with Crippen molar-refractivity contribution in [3.05, 3.63) is 36.5 Å². The van der Waals surface area contributed by atoms with Crippen molar-refractivity contribution in [2.24, 2.45) is 0 Å². The molecule has 0 spiro atoms. The predicted octanol–water partition coefficient (Wildman–Crippen LogP) is 5.66. The monoisotopic (exact) mass is 279 g/mol. The van der Waals surface area contributed by atoms with Gasteiger partial charge >= 0.3 is 5.97 Å². The average molecular weight is 279 g/mol. The number of carboxylic acid groups (broad SMARTS) is 1. The molecule has 0 bridgehead atoms. The zero-order valence-electron chi connectivity index (χ0n) is 13.8. The van der Waals surface area contributed by atoms with Crippen molar-refractivity contribution >= 4 is 5.97 Å². The molecule has 0 aromatic heterocycles. The fraction of sp³-hybridized carbons (Fsp3) is 0.611. The number of aliphatic carboxylic acids is 1. The third-order valence-electron chi connectivity index (χ3n) is 2.92. The van der Waals surface area contributed by atoms with Gasteiger partial charge in [0.05, 0.1) is 0 Å². The number of rotatable bonds is 13. The molecule has 1 atom stereocenters. The molecule has 0 aliphatic carbocycles. The summed E-state index contributed by atoms with van der Waals surface area (Å²) >= 11 is 0. The summed E-state index contributed by atoms with van der Waals surface area (Å²) in [7, 11) is 0. The lowest BCUT2D eigenvalue weighted by molar-refractivity contribution is -0.137. The predicted molar refractivity (Wildman–Crippen MR) is 86.9 cm³/mol. The summed E-state index contributed by atoms with van der Waals surface area (Å²) in [4.78, 5) is 10.3. The van der Waals surface area contributed by atoms with Gasteiger partial charge < -0.3 is 5.11 Å². The number of unbranched alkanes of at least 4 members (excludes halogenated alkanes) is 5. The lowest BCUT2D eigenvalue weighted by Gasteiger charge is -1.92. The van der Waals surface area contributed by atoms with Crippen LogP contribution in [0.25, 0.3) is 0 Å². The third-order valence-corrected chi connectivity index (χ3v) is 2.92. The van der Waals surface area contributed by atoms with Gasteiger partial charge in [-0.1, -0.05) is 56.2 Å². The molecule has 0 aliphatic heterocycles. The second-order valence-electron chi connectivity index (χ2n) is 4.89. The van der Waals surface area contributed by atoms with Crippen molar-refractivity contribution in [2.45, 2.75) is 71.1 Å². The largest absolute Gasteiger partial charge is 0.481 e. The van der Waals surface area contributed by atoms with Crippen LogP contribution in [0.2, 0.25) is 0 Å². The molecule has 0 aliphatic rings. The SMILES string of the molecule is [2H][C@H](/C=C\C/C=C\CCCCC(=O)O)/C=C\CCCCC. The van der Waals surface area contributed by atoms with E-state index in [1.165, 1.54) is 19.3 Å². The molecule has 20 heavy (non-hydrogen) atoms. The normalized spacial score (nSPS) is 14.3. The van der Waals surface area contributed by atoms with E-state index in [1.807, 2.05) is 18.2 Å². The summed E-state index contributed by atoms with van der Waals surface area (Å²) in [6, 6.07) is 0. The highest BCUT2D eigenvalue weighted by Gasteiger charge is 1.93. The summed E-state index contributed by atoms with van der Waals surface area (Å²) in [5, 5.41) is 8.49. The summed E-state index contributed by atoms with van der Waals surface area (Å²) in [6.45, 7) is 2.19. The highest BCUT2D eigenvalue weighted by atomic mass is 16.4. The van der Waals surface area contributed by atoms with E-state index in [0.29, 0.717) is 0 Å². The minimum Gasteiger partial charge on any atom is -0.481 e. The molecular weight excluding hydrogens is 248 g/mol. The van der Waals surface area contributed by atoms with E-state index in [9.17, 15) is 4.79 Å². The molecule has 0 amide bonds. The maximum atomic E-state index is 10.3. The highest BCUT2D eigenvalue weighted by Crippen LogP contribution is 2.02. The van der Waals surface area contributed by atoms with Gasteiger partial charge in [0, 0.05) is 7.79 Å². The van der Waals surface area contributed by atoms with Crippen LogP contribution in [0.3, 0.4) is 0 Å². The molecule has 2 nitrogen and oxygen atoms in total. The zero-order chi connectivity index (χ0) is 15.8. The minimum absolute atomic E-state index is 0.240. The quantitative estimate of drug-likeness (QED) is 0.349. The summed E-state index contributed by atoms with van der Waals surface area (Å²) < 4.78 is 7.81. The molecule has 0 heterocycles. The maximum Gasteiger partial charge on any atom is 0.303 e. The van der Waals surface area contributed by atoms with Gasteiger partial charge in [0.25, 0.3) is 0 Å².